The zero-order valence-electron chi connectivity index (χ0n) is 11.8. The standard InChI is InChI=1S/C16H17NO3S/c1-11-5-9-21-15(11)4-6-17-16(18)12-2-3-13-14(10-12)20-8-7-19-13/h2-3,5,9-10H,4,6-8H2,1H3,(H,17,18). The van der Waals surface area contributed by atoms with Gasteiger partial charge in [-0.3, -0.25) is 4.79 Å². The minimum Gasteiger partial charge on any atom is -0.486 e. The van der Waals surface area contributed by atoms with Gasteiger partial charge in [0.25, 0.3) is 5.91 Å². The van der Waals surface area contributed by atoms with E-state index in [1.807, 2.05) is 0 Å². The number of rotatable bonds is 4. The van der Waals surface area contributed by atoms with Crippen LogP contribution in [0, 0.1) is 6.92 Å². The lowest BCUT2D eigenvalue weighted by atomic mass is 10.1. The van der Waals surface area contributed by atoms with Crippen LogP contribution < -0.4 is 14.8 Å². The molecule has 1 aromatic heterocycles. The zero-order chi connectivity index (χ0) is 14.7. The molecular formula is C16H17NO3S. The van der Waals surface area contributed by atoms with Gasteiger partial charge in [0.2, 0.25) is 0 Å². The summed E-state index contributed by atoms with van der Waals surface area (Å²) < 4.78 is 10.9. The Morgan fingerprint density at radius 2 is 2.05 bits per heavy atom. The number of hydrogen-bond acceptors (Lipinski definition) is 4. The summed E-state index contributed by atoms with van der Waals surface area (Å²) in [7, 11) is 0. The van der Waals surface area contributed by atoms with E-state index in [9.17, 15) is 4.79 Å². The molecule has 21 heavy (non-hydrogen) atoms. The fourth-order valence-electron chi connectivity index (χ4n) is 2.24. The summed E-state index contributed by atoms with van der Waals surface area (Å²) >= 11 is 1.73. The van der Waals surface area contributed by atoms with Gasteiger partial charge in [0.05, 0.1) is 0 Å². The van der Waals surface area contributed by atoms with Crippen LogP contribution in [0.15, 0.2) is 29.6 Å². The van der Waals surface area contributed by atoms with Crippen molar-refractivity contribution >= 4 is 17.2 Å². The summed E-state index contributed by atoms with van der Waals surface area (Å²) in [5, 5.41) is 5.02. The molecule has 0 unspecified atom stereocenters. The molecule has 5 heteroatoms. The monoisotopic (exact) mass is 303 g/mol. The molecule has 0 bridgehead atoms. The van der Waals surface area contributed by atoms with Crippen LogP contribution >= 0.6 is 11.3 Å². The first-order valence-electron chi connectivity index (χ1n) is 6.95. The van der Waals surface area contributed by atoms with Gasteiger partial charge >= 0.3 is 0 Å². The molecular weight excluding hydrogens is 286 g/mol. The highest BCUT2D eigenvalue weighted by Crippen LogP contribution is 2.30. The maximum absolute atomic E-state index is 12.1. The average Bonchev–Trinajstić information content (AvgIpc) is 2.92. The molecule has 1 aliphatic rings. The van der Waals surface area contributed by atoms with Gasteiger partial charge in [-0.05, 0) is 48.6 Å². The summed E-state index contributed by atoms with van der Waals surface area (Å²) in [5.41, 5.74) is 1.88. The minimum absolute atomic E-state index is 0.0822. The Bertz CT molecular complexity index is 651. The summed E-state index contributed by atoms with van der Waals surface area (Å²) in [6.45, 7) is 3.80. The molecule has 1 amide bonds. The van der Waals surface area contributed by atoms with Gasteiger partial charge in [0, 0.05) is 17.0 Å². The van der Waals surface area contributed by atoms with Crippen molar-refractivity contribution in [2.45, 2.75) is 13.3 Å². The molecule has 3 rings (SSSR count). The van der Waals surface area contributed by atoms with Crippen molar-refractivity contribution in [3.05, 3.63) is 45.6 Å². The molecule has 110 valence electrons. The number of nitrogens with one attached hydrogen (secondary N) is 1. The van der Waals surface area contributed by atoms with Crippen LogP contribution in [0.3, 0.4) is 0 Å². The quantitative estimate of drug-likeness (QED) is 0.945. The number of aryl methyl sites for hydroxylation is 1. The maximum Gasteiger partial charge on any atom is 0.251 e. The number of hydrogen-bond donors (Lipinski definition) is 1. The van der Waals surface area contributed by atoms with Gasteiger partial charge in [-0.25, -0.2) is 0 Å². The van der Waals surface area contributed by atoms with Crippen LogP contribution in [0.4, 0.5) is 0 Å². The van der Waals surface area contributed by atoms with Crippen molar-refractivity contribution < 1.29 is 14.3 Å². The lowest BCUT2D eigenvalue weighted by molar-refractivity contribution is 0.0953. The summed E-state index contributed by atoms with van der Waals surface area (Å²) in [5.74, 6) is 1.26. The predicted octanol–water partition coefficient (Wildman–Crippen LogP) is 2.80. The number of ether oxygens (including phenoxy) is 2. The summed E-state index contributed by atoms with van der Waals surface area (Å²) in [6, 6.07) is 7.38. The van der Waals surface area contributed by atoms with Crippen molar-refractivity contribution in [3.63, 3.8) is 0 Å². The van der Waals surface area contributed by atoms with Crippen molar-refractivity contribution in [2.24, 2.45) is 0 Å². The van der Waals surface area contributed by atoms with Crippen molar-refractivity contribution in [1.29, 1.82) is 0 Å². The molecule has 1 aliphatic heterocycles. The molecule has 1 N–H and O–H groups in total. The fourth-order valence-corrected chi connectivity index (χ4v) is 3.15. The van der Waals surface area contributed by atoms with E-state index < -0.39 is 0 Å². The van der Waals surface area contributed by atoms with E-state index >= 15 is 0 Å². The number of carbonyl (C=O) groups is 1. The van der Waals surface area contributed by atoms with Gasteiger partial charge in [-0.15, -0.1) is 11.3 Å². The average molecular weight is 303 g/mol. The normalized spacial score (nSPS) is 13.0. The lowest BCUT2D eigenvalue weighted by Gasteiger charge is -2.18. The van der Waals surface area contributed by atoms with Gasteiger partial charge in [0.15, 0.2) is 11.5 Å². The third-order valence-electron chi connectivity index (χ3n) is 3.41. The van der Waals surface area contributed by atoms with Crippen LogP contribution in [0.5, 0.6) is 11.5 Å². The minimum atomic E-state index is -0.0822. The lowest BCUT2D eigenvalue weighted by Crippen LogP contribution is -2.26. The molecule has 4 nitrogen and oxygen atoms in total. The predicted molar refractivity (Wildman–Crippen MR) is 82.5 cm³/mol. The topological polar surface area (TPSA) is 47.6 Å². The maximum atomic E-state index is 12.1. The van der Waals surface area contributed by atoms with E-state index in [2.05, 4.69) is 23.7 Å². The van der Waals surface area contributed by atoms with E-state index in [4.69, 9.17) is 9.47 Å². The number of fused-ring (bicyclic) bond motifs is 1. The van der Waals surface area contributed by atoms with E-state index in [0.29, 0.717) is 36.8 Å². The van der Waals surface area contributed by atoms with Crippen molar-refractivity contribution in [3.8, 4) is 11.5 Å². The van der Waals surface area contributed by atoms with Crippen LogP contribution in [0.2, 0.25) is 0 Å². The molecule has 0 saturated heterocycles. The van der Waals surface area contributed by atoms with E-state index in [0.717, 1.165) is 6.42 Å². The highest BCUT2D eigenvalue weighted by atomic mass is 32.1. The van der Waals surface area contributed by atoms with Crippen LogP contribution in [-0.4, -0.2) is 25.7 Å². The fraction of sp³-hybridized carbons (Fsp3) is 0.312. The highest BCUT2D eigenvalue weighted by molar-refractivity contribution is 7.10. The SMILES string of the molecule is Cc1ccsc1CCNC(=O)c1ccc2c(c1)OCCO2. The molecule has 0 spiro atoms. The van der Waals surface area contributed by atoms with Gasteiger partial charge < -0.3 is 14.8 Å². The molecule has 2 heterocycles. The molecule has 2 aromatic rings. The summed E-state index contributed by atoms with van der Waals surface area (Å²) in [6.07, 6.45) is 0.861. The van der Waals surface area contributed by atoms with Crippen molar-refractivity contribution in [1.82, 2.24) is 5.32 Å². The van der Waals surface area contributed by atoms with Crippen molar-refractivity contribution in [2.75, 3.05) is 19.8 Å². The number of carbonyl (C=O) groups excluding carboxylic acids is 1. The Morgan fingerprint density at radius 1 is 1.24 bits per heavy atom. The molecule has 0 radical (unpaired) electrons. The molecule has 0 aliphatic carbocycles. The molecule has 1 aromatic carbocycles. The second kappa shape index (κ2) is 6.18. The number of thiophene rings is 1. The molecule has 0 atom stereocenters. The second-order valence-corrected chi connectivity index (χ2v) is 5.89. The largest absolute Gasteiger partial charge is 0.486 e. The first kappa shape index (κ1) is 13.9. The zero-order valence-corrected chi connectivity index (χ0v) is 12.7. The van der Waals surface area contributed by atoms with E-state index in [1.54, 1.807) is 29.5 Å². The van der Waals surface area contributed by atoms with Gasteiger partial charge in [-0.2, -0.15) is 0 Å². The first-order valence-corrected chi connectivity index (χ1v) is 7.83. The molecule has 0 fully saturated rings. The number of benzene rings is 1. The van der Waals surface area contributed by atoms with E-state index in [-0.39, 0.29) is 5.91 Å². The Balaban J connectivity index is 1.59. The highest BCUT2D eigenvalue weighted by Gasteiger charge is 2.14. The Kier molecular flexibility index (Phi) is 4.10. The Morgan fingerprint density at radius 3 is 2.81 bits per heavy atom. The Hall–Kier alpha value is -2.01. The van der Waals surface area contributed by atoms with Crippen LogP contribution in [0.1, 0.15) is 20.8 Å². The first-order chi connectivity index (χ1) is 10.2. The summed E-state index contributed by atoms with van der Waals surface area (Å²) in [4.78, 5) is 13.5. The smallest absolute Gasteiger partial charge is 0.251 e. The number of amides is 1. The van der Waals surface area contributed by atoms with E-state index in [1.165, 1.54) is 10.4 Å². The van der Waals surface area contributed by atoms with Crippen LogP contribution in [0.25, 0.3) is 0 Å². The third kappa shape index (κ3) is 3.19. The molecule has 0 saturated carbocycles. The van der Waals surface area contributed by atoms with Gasteiger partial charge in [0.1, 0.15) is 13.2 Å². The Labute approximate surface area is 127 Å². The second-order valence-electron chi connectivity index (χ2n) is 4.89. The van der Waals surface area contributed by atoms with Crippen LogP contribution in [-0.2, 0) is 6.42 Å². The van der Waals surface area contributed by atoms with Gasteiger partial charge in [-0.1, -0.05) is 0 Å². The third-order valence-corrected chi connectivity index (χ3v) is 4.49.